The van der Waals surface area contributed by atoms with Crippen molar-refractivity contribution in [2.24, 2.45) is 0 Å². The first kappa shape index (κ1) is 19.3. The van der Waals surface area contributed by atoms with Crippen molar-refractivity contribution in [2.45, 2.75) is 6.18 Å². The summed E-state index contributed by atoms with van der Waals surface area (Å²) in [6.45, 7) is 0. The van der Waals surface area contributed by atoms with Crippen molar-refractivity contribution >= 4 is 23.2 Å². The van der Waals surface area contributed by atoms with Crippen LogP contribution in [0.1, 0.15) is 16.1 Å². The number of carbonyl (C=O) groups excluding carboxylic acids is 2. The van der Waals surface area contributed by atoms with Crippen LogP contribution in [-0.4, -0.2) is 32.5 Å². The molecule has 0 spiro atoms. The summed E-state index contributed by atoms with van der Waals surface area (Å²) in [5.41, 5.74) is 1.27. The van der Waals surface area contributed by atoms with Crippen LogP contribution < -0.4 is 5.32 Å². The largest absolute Gasteiger partial charge is 0.471 e. The lowest BCUT2D eigenvalue weighted by Gasteiger charge is -2.08. The Bertz CT molecular complexity index is 1240. The highest BCUT2D eigenvalue weighted by Crippen LogP contribution is 2.30. The van der Waals surface area contributed by atoms with Crippen LogP contribution in [0.3, 0.4) is 0 Å². The predicted octanol–water partition coefficient (Wildman–Crippen LogP) is 4.13. The van der Waals surface area contributed by atoms with Crippen LogP contribution in [-0.2, 0) is 4.79 Å². The molecule has 0 fully saturated rings. The summed E-state index contributed by atoms with van der Waals surface area (Å²) in [5, 5.41) is 6.09. The molecule has 2 aromatic heterocycles. The number of nitrogens with zero attached hydrogens (tertiary/aromatic N) is 3. The second-order valence-corrected chi connectivity index (χ2v) is 6.31. The molecule has 1 N–H and O–H groups in total. The Morgan fingerprint density at radius 3 is 2.13 bits per heavy atom. The number of rotatable bonds is 4. The lowest BCUT2D eigenvalue weighted by molar-refractivity contribution is -0.167. The van der Waals surface area contributed by atoms with Crippen molar-refractivity contribution < 1.29 is 22.8 Å². The topological polar surface area (TPSA) is 76.4 Å². The molecule has 2 heterocycles. The van der Waals surface area contributed by atoms with Crippen LogP contribution in [0.15, 0.2) is 72.8 Å². The number of benzene rings is 2. The molecule has 1 amide bonds. The molecule has 30 heavy (non-hydrogen) atoms. The van der Waals surface area contributed by atoms with Gasteiger partial charge >= 0.3 is 12.1 Å². The number of aromatic nitrogens is 3. The maximum absolute atomic E-state index is 12.8. The Balaban J connectivity index is 1.87. The predicted molar refractivity (Wildman–Crippen MR) is 103 cm³/mol. The Labute approximate surface area is 168 Å². The molecular weight excluding hydrogens is 397 g/mol. The Morgan fingerprint density at radius 2 is 1.50 bits per heavy atom. The number of anilines is 1. The van der Waals surface area contributed by atoms with E-state index in [0.717, 1.165) is 0 Å². The van der Waals surface area contributed by atoms with E-state index in [9.17, 15) is 22.8 Å². The van der Waals surface area contributed by atoms with E-state index in [1.807, 2.05) is 0 Å². The van der Waals surface area contributed by atoms with Crippen LogP contribution >= 0.6 is 0 Å². The van der Waals surface area contributed by atoms with Crippen LogP contribution in [0.25, 0.3) is 16.9 Å². The SMILES string of the molecule is O=C(c1ccccc1)c1ccc2nc(NC(=O)C(F)(F)F)c(-c3ccccc3)n2n1. The average molecular weight is 410 g/mol. The number of hydrogen-bond acceptors (Lipinski definition) is 4. The normalized spacial score (nSPS) is 11.4. The van der Waals surface area contributed by atoms with Gasteiger partial charge in [-0.15, -0.1) is 0 Å². The summed E-state index contributed by atoms with van der Waals surface area (Å²) in [6.07, 6.45) is -5.08. The van der Waals surface area contributed by atoms with Gasteiger partial charge in [-0.25, -0.2) is 9.50 Å². The Morgan fingerprint density at radius 1 is 0.867 bits per heavy atom. The molecular formula is C21H13F3N4O2. The van der Waals surface area contributed by atoms with Crippen molar-refractivity contribution in [2.75, 3.05) is 5.32 Å². The molecule has 9 heteroatoms. The number of amides is 1. The van der Waals surface area contributed by atoms with Crippen LogP contribution in [0.4, 0.5) is 19.0 Å². The lowest BCUT2D eigenvalue weighted by atomic mass is 10.1. The van der Waals surface area contributed by atoms with Gasteiger partial charge in [0.2, 0.25) is 5.78 Å². The number of nitrogens with one attached hydrogen (secondary N) is 1. The Hall–Kier alpha value is -4.01. The third kappa shape index (κ3) is 3.64. The number of halogens is 3. The smallest absolute Gasteiger partial charge is 0.301 e. The highest BCUT2D eigenvalue weighted by molar-refractivity contribution is 6.07. The second kappa shape index (κ2) is 7.43. The molecule has 0 saturated heterocycles. The van der Waals surface area contributed by atoms with Gasteiger partial charge in [0, 0.05) is 11.1 Å². The Kier molecular flexibility index (Phi) is 4.78. The van der Waals surface area contributed by atoms with Crippen molar-refractivity contribution in [3.63, 3.8) is 0 Å². The molecule has 0 aliphatic rings. The van der Waals surface area contributed by atoms with E-state index in [0.29, 0.717) is 11.1 Å². The second-order valence-electron chi connectivity index (χ2n) is 6.31. The maximum Gasteiger partial charge on any atom is 0.471 e. The molecule has 0 bridgehead atoms. The quantitative estimate of drug-likeness (QED) is 0.514. The van der Waals surface area contributed by atoms with Crippen molar-refractivity contribution in [3.05, 3.63) is 84.1 Å². The first-order valence-electron chi connectivity index (χ1n) is 8.78. The summed E-state index contributed by atoms with van der Waals surface area (Å²) in [4.78, 5) is 28.3. The highest BCUT2D eigenvalue weighted by atomic mass is 19.4. The highest BCUT2D eigenvalue weighted by Gasteiger charge is 2.39. The zero-order valence-electron chi connectivity index (χ0n) is 15.2. The fourth-order valence-corrected chi connectivity index (χ4v) is 2.91. The van der Waals surface area contributed by atoms with Crippen molar-refractivity contribution in [1.82, 2.24) is 14.6 Å². The first-order valence-corrected chi connectivity index (χ1v) is 8.78. The van der Waals surface area contributed by atoms with Crippen LogP contribution in [0.5, 0.6) is 0 Å². The van der Waals surface area contributed by atoms with Gasteiger partial charge in [-0.05, 0) is 12.1 Å². The summed E-state index contributed by atoms with van der Waals surface area (Å²) < 4.78 is 39.6. The number of carbonyl (C=O) groups is 2. The summed E-state index contributed by atoms with van der Waals surface area (Å²) >= 11 is 0. The van der Waals surface area contributed by atoms with E-state index in [4.69, 9.17) is 0 Å². The van der Waals surface area contributed by atoms with E-state index in [1.165, 1.54) is 16.6 Å². The molecule has 4 aromatic rings. The van der Waals surface area contributed by atoms with Gasteiger partial charge in [0.05, 0.1) is 0 Å². The molecule has 0 aliphatic heterocycles. The molecule has 0 unspecified atom stereocenters. The summed E-state index contributed by atoms with van der Waals surface area (Å²) in [7, 11) is 0. The van der Waals surface area contributed by atoms with Gasteiger partial charge in [0.15, 0.2) is 11.5 Å². The van der Waals surface area contributed by atoms with Crippen LogP contribution in [0.2, 0.25) is 0 Å². The van der Waals surface area contributed by atoms with E-state index in [1.54, 1.807) is 66.0 Å². The van der Waals surface area contributed by atoms with E-state index >= 15 is 0 Å². The molecule has 0 saturated carbocycles. The molecule has 2 aromatic carbocycles. The van der Waals surface area contributed by atoms with E-state index < -0.39 is 12.1 Å². The monoisotopic (exact) mass is 410 g/mol. The first-order chi connectivity index (χ1) is 14.3. The van der Waals surface area contributed by atoms with E-state index in [-0.39, 0.29) is 28.6 Å². The molecule has 4 rings (SSSR count). The summed E-state index contributed by atoms with van der Waals surface area (Å²) in [6, 6.07) is 19.7. The third-order valence-corrected chi connectivity index (χ3v) is 4.28. The number of ketones is 1. The lowest BCUT2D eigenvalue weighted by Crippen LogP contribution is -2.30. The minimum absolute atomic E-state index is 0.0805. The zero-order chi connectivity index (χ0) is 21.3. The minimum Gasteiger partial charge on any atom is -0.301 e. The molecule has 0 atom stereocenters. The number of alkyl halides is 3. The molecule has 0 radical (unpaired) electrons. The van der Waals surface area contributed by atoms with Gasteiger partial charge in [-0.1, -0.05) is 60.7 Å². The zero-order valence-corrected chi connectivity index (χ0v) is 15.2. The van der Waals surface area contributed by atoms with Gasteiger partial charge in [-0.3, -0.25) is 9.59 Å². The summed E-state index contributed by atoms with van der Waals surface area (Å²) in [5.74, 6) is -2.81. The molecule has 150 valence electrons. The standard InChI is InChI=1S/C21H13F3N4O2/c22-21(23,24)20(30)26-19-17(13-7-3-1-4-8-13)28-16(25-19)12-11-15(27-28)18(29)14-9-5-2-6-10-14/h1-12H,(H,26,30). The average Bonchev–Trinajstić information content (AvgIpc) is 3.10. The fourth-order valence-electron chi connectivity index (χ4n) is 2.91. The van der Waals surface area contributed by atoms with Crippen molar-refractivity contribution in [3.8, 4) is 11.3 Å². The van der Waals surface area contributed by atoms with Crippen molar-refractivity contribution in [1.29, 1.82) is 0 Å². The van der Waals surface area contributed by atoms with E-state index in [2.05, 4.69) is 10.1 Å². The number of hydrogen-bond donors (Lipinski definition) is 1. The maximum atomic E-state index is 12.8. The fraction of sp³-hybridized carbons (Fsp3) is 0.0476. The van der Waals surface area contributed by atoms with Gasteiger partial charge in [-0.2, -0.15) is 18.3 Å². The van der Waals surface area contributed by atoms with Gasteiger partial charge < -0.3 is 5.32 Å². The minimum atomic E-state index is -5.08. The third-order valence-electron chi connectivity index (χ3n) is 4.28. The number of imidazole rings is 1. The molecule has 6 nitrogen and oxygen atoms in total. The van der Waals surface area contributed by atoms with Gasteiger partial charge in [0.1, 0.15) is 11.4 Å². The van der Waals surface area contributed by atoms with Gasteiger partial charge in [0.25, 0.3) is 0 Å². The number of fused-ring (bicyclic) bond motifs is 1. The molecule has 0 aliphatic carbocycles. The van der Waals surface area contributed by atoms with Crippen LogP contribution in [0, 0.1) is 0 Å².